The Balaban J connectivity index is 0.00000364. The van der Waals surface area contributed by atoms with E-state index < -0.39 is 0 Å². The lowest BCUT2D eigenvalue weighted by molar-refractivity contribution is 0.564. The summed E-state index contributed by atoms with van der Waals surface area (Å²) in [6.07, 6.45) is 7.24. The van der Waals surface area contributed by atoms with E-state index >= 15 is 0 Å². The van der Waals surface area contributed by atoms with Crippen LogP contribution in [-0.2, 0) is 12.8 Å². The molecule has 0 aromatic heterocycles. The molecule has 0 bridgehead atoms. The summed E-state index contributed by atoms with van der Waals surface area (Å²) in [4.78, 5) is 0. The van der Waals surface area contributed by atoms with Gasteiger partial charge in [0.15, 0.2) is 0 Å². The van der Waals surface area contributed by atoms with Gasteiger partial charge in [-0.25, -0.2) is 0 Å². The van der Waals surface area contributed by atoms with Gasteiger partial charge in [0.25, 0.3) is 0 Å². The van der Waals surface area contributed by atoms with Crippen molar-refractivity contribution in [3.63, 3.8) is 0 Å². The molecule has 0 atom stereocenters. The first-order valence-corrected chi connectivity index (χ1v) is 10.4. The van der Waals surface area contributed by atoms with Crippen LogP contribution in [-0.4, -0.2) is 26.2 Å². The van der Waals surface area contributed by atoms with Crippen molar-refractivity contribution in [3.8, 4) is 0 Å². The van der Waals surface area contributed by atoms with Crippen molar-refractivity contribution in [3.05, 3.63) is 69.7 Å². The Morgan fingerprint density at radius 1 is 0.500 bits per heavy atom. The molecular weight excluding hydrogens is 523 g/mol. The lowest BCUT2D eigenvalue weighted by atomic mass is 10.1. The van der Waals surface area contributed by atoms with E-state index in [0.717, 1.165) is 49.1 Å². The van der Waals surface area contributed by atoms with Crippen LogP contribution in [0.15, 0.2) is 48.5 Å². The molecule has 2 nitrogen and oxygen atoms in total. The van der Waals surface area contributed by atoms with Gasteiger partial charge in [0.1, 0.15) is 0 Å². The number of halogens is 4. The number of hydrogen-bond acceptors (Lipinski definition) is 2. The summed E-state index contributed by atoms with van der Waals surface area (Å²) < 4.78 is 0. The van der Waals surface area contributed by atoms with Crippen LogP contribution >= 0.6 is 57.2 Å². The molecule has 0 amide bonds. The fourth-order valence-corrected chi connectivity index (χ4v) is 3.12. The van der Waals surface area contributed by atoms with Gasteiger partial charge in [-0.1, -0.05) is 60.3 Å². The summed E-state index contributed by atoms with van der Waals surface area (Å²) in [5.74, 6) is 0. The summed E-state index contributed by atoms with van der Waals surface area (Å²) >= 11 is 11.8. The molecular formula is C22H32Br2Cl2N2. The molecule has 2 aromatic carbocycles. The van der Waals surface area contributed by atoms with Crippen molar-refractivity contribution in [1.82, 2.24) is 10.6 Å². The maximum absolute atomic E-state index is 5.89. The fourth-order valence-electron chi connectivity index (χ4n) is 2.87. The summed E-state index contributed by atoms with van der Waals surface area (Å²) in [7, 11) is 0. The van der Waals surface area contributed by atoms with Gasteiger partial charge in [0.2, 0.25) is 0 Å². The third-order valence-corrected chi connectivity index (χ3v) is 4.97. The first-order valence-electron chi connectivity index (χ1n) is 9.64. The van der Waals surface area contributed by atoms with Crippen LogP contribution in [0.1, 0.15) is 36.8 Å². The van der Waals surface area contributed by atoms with E-state index in [1.807, 2.05) is 24.3 Å². The molecule has 28 heavy (non-hydrogen) atoms. The highest BCUT2D eigenvalue weighted by atomic mass is 79.9. The molecule has 0 heterocycles. The third kappa shape index (κ3) is 13.2. The highest BCUT2D eigenvalue weighted by Gasteiger charge is 1.96. The molecule has 0 saturated heterocycles. The highest BCUT2D eigenvalue weighted by molar-refractivity contribution is 8.93. The van der Waals surface area contributed by atoms with E-state index in [2.05, 4.69) is 34.9 Å². The maximum Gasteiger partial charge on any atom is 0.0406 e. The summed E-state index contributed by atoms with van der Waals surface area (Å²) in [6.45, 7) is 4.29. The minimum Gasteiger partial charge on any atom is -0.316 e. The van der Waals surface area contributed by atoms with Gasteiger partial charge in [-0.05, 0) is 87.3 Å². The second-order valence-electron chi connectivity index (χ2n) is 6.67. The molecule has 6 heteroatoms. The SMILES string of the molecule is Br.Br.Clc1ccc(CCNCCCCCCNCCc2ccc(Cl)cc2)cc1. The number of unbranched alkanes of at least 4 members (excludes halogenated alkanes) is 3. The normalized spacial score (nSPS) is 10.2. The van der Waals surface area contributed by atoms with E-state index in [4.69, 9.17) is 23.2 Å². The zero-order valence-electron chi connectivity index (χ0n) is 16.3. The van der Waals surface area contributed by atoms with Crippen LogP contribution in [0.4, 0.5) is 0 Å². The van der Waals surface area contributed by atoms with Crippen molar-refractivity contribution in [2.45, 2.75) is 38.5 Å². The Bertz CT molecular complexity index is 551. The van der Waals surface area contributed by atoms with E-state index in [9.17, 15) is 0 Å². The molecule has 0 spiro atoms. The van der Waals surface area contributed by atoms with Crippen molar-refractivity contribution >= 4 is 57.2 Å². The molecule has 0 aliphatic carbocycles. The largest absolute Gasteiger partial charge is 0.316 e. The van der Waals surface area contributed by atoms with Gasteiger partial charge in [-0.15, -0.1) is 34.0 Å². The molecule has 0 aliphatic rings. The summed E-state index contributed by atoms with van der Waals surface area (Å²) in [5, 5.41) is 8.66. The monoisotopic (exact) mass is 552 g/mol. The Morgan fingerprint density at radius 2 is 0.857 bits per heavy atom. The van der Waals surface area contributed by atoms with Crippen LogP contribution in [0.5, 0.6) is 0 Å². The van der Waals surface area contributed by atoms with Gasteiger partial charge in [-0.3, -0.25) is 0 Å². The van der Waals surface area contributed by atoms with Crippen molar-refractivity contribution in [1.29, 1.82) is 0 Å². The topological polar surface area (TPSA) is 24.1 Å². The minimum absolute atomic E-state index is 0. The number of rotatable bonds is 13. The molecule has 0 radical (unpaired) electrons. The summed E-state index contributed by atoms with van der Waals surface area (Å²) in [5.41, 5.74) is 2.68. The lowest BCUT2D eigenvalue weighted by Gasteiger charge is -2.07. The van der Waals surface area contributed by atoms with Gasteiger partial charge in [-0.2, -0.15) is 0 Å². The van der Waals surface area contributed by atoms with Crippen LogP contribution in [0, 0.1) is 0 Å². The molecule has 0 unspecified atom stereocenters. The zero-order valence-corrected chi connectivity index (χ0v) is 21.2. The van der Waals surface area contributed by atoms with E-state index in [-0.39, 0.29) is 34.0 Å². The van der Waals surface area contributed by atoms with E-state index in [1.165, 1.54) is 36.8 Å². The minimum atomic E-state index is 0. The van der Waals surface area contributed by atoms with Crippen LogP contribution in [0.25, 0.3) is 0 Å². The van der Waals surface area contributed by atoms with Gasteiger partial charge < -0.3 is 10.6 Å². The Hall–Kier alpha value is -0.100. The number of nitrogens with one attached hydrogen (secondary N) is 2. The van der Waals surface area contributed by atoms with Crippen LogP contribution in [0.2, 0.25) is 10.0 Å². The summed E-state index contributed by atoms with van der Waals surface area (Å²) in [6, 6.07) is 16.2. The average Bonchev–Trinajstić information content (AvgIpc) is 2.65. The quantitative estimate of drug-likeness (QED) is 0.270. The lowest BCUT2D eigenvalue weighted by Crippen LogP contribution is -2.19. The molecule has 2 rings (SSSR count). The highest BCUT2D eigenvalue weighted by Crippen LogP contribution is 2.10. The number of benzene rings is 2. The molecule has 0 fully saturated rings. The molecule has 2 aromatic rings. The van der Waals surface area contributed by atoms with E-state index in [1.54, 1.807) is 0 Å². The first-order chi connectivity index (χ1) is 12.7. The standard InChI is InChI=1S/C22H30Cl2N2.2BrH/c23-21-9-5-19(6-10-21)13-17-25-15-3-1-2-4-16-26-18-14-20-7-11-22(24)12-8-20;;/h5-12,25-26H,1-4,13-18H2;2*1H. The Morgan fingerprint density at radius 3 is 1.21 bits per heavy atom. The van der Waals surface area contributed by atoms with Gasteiger partial charge in [0.05, 0.1) is 0 Å². The average molecular weight is 555 g/mol. The second kappa shape index (κ2) is 17.7. The third-order valence-electron chi connectivity index (χ3n) is 4.46. The van der Waals surface area contributed by atoms with Crippen LogP contribution in [0.3, 0.4) is 0 Å². The smallest absolute Gasteiger partial charge is 0.0406 e. The van der Waals surface area contributed by atoms with Crippen molar-refractivity contribution < 1.29 is 0 Å². The Kier molecular flexibility index (Phi) is 17.7. The van der Waals surface area contributed by atoms with Crippen LogP contribution < -0.4 is 10.6 Å². The maximum atomic E-state index is 5.89. The molecule has 2 N–H and O–H groups in total. The number of hydrogen-bond donors (Lipinski definition) is 2. The molecule has 0 aliphatic heterocycles. The predicted molar refractivity (Wildman–Crippen MR) is 135 cm³/mol. The zero-order chi connectivity index (χ0) is 18.5. The molecule has 0 saturated carbocycles. The first kappa shape index (κ1) is 27.9. The second-order valence-corrected chi connectivity index (χ2v) is 7.54. The van der Waals surface area contributed by atoms with Gasteiger partial charge >= 0.3 is 0 Å². The fraction of sp³-hybridized carbons (Fsp3) is 0.455. The van der Waals surface area contributed by atoms with Gasteiger partial charge in [0, 0.05) is 10.0 Å². The van der Waals surface area contributed by atoms with E-state index in [0.29, 0.717) is 0 Å². The molecule has 158 valence electrons. The predicted octanol–water partition coefficient (Wildman–Crippen LogP) is 6.67. The Labute approximate surface area is 201 Å². The van der Waals surface area contributed by atoms with Crippen molar-refractivity contribution in [2.75, 3.05) is 26.2 Å². The van der Waals surface area contributed by atoms with Crippen molar-refractivity contribution in [2.24, 2.45) is 0 Å².